The number of rotatable bonds is 6. The number of allylic oxidation sites excluding steroid dienone is 1. The summed E-state index contributed by atoms with van der Waals surface area (Å²) in [5, 5.41) is 1.17. The van der Waals surface area contributed by atoms with E-state index in [1.165, 1.54) is 10.9 Å². The van der Waals surface area contributed by atoms with Gasteiger partial charge in [0, 0.05) is 30.5 Å². The molecule has 0 N–H and O–H groups in total. The van der Waals surface area contributed by atoms with E-state index in [1.54, 1.807) is 13.2 Å². The number of fused-ring (bicyclic) bond motifs is 4. The van der Waals surface area contributed by atoms with Gasteiger partial charge in [0.1, 0.15) is 18.1 Å². The summed E-state index contributed by atoms with van der Waals surface area (Å²) in [6, 6.07) is 12.0. The minimum Gasteiger partial charge on any atom is -0.493 e. The molecule has 3 aromatic rings. The first kappa shape index (κ1) is 19.6. The Kier molecular flexibility index (Phi) is 5.35. The quantitative estimate of drug-likeness (QED) is 0.552. The van der Waals surface area contributed by atoms with Crippen LogP contribution in [0.4, 0.5) is 0 Å². The Morgan fingerprint density at radius 2 is 2.10 bits per heavy atom. The molecule has 0 saturated heterocycles. The first-order chi connectivity index (χ1) is 15.2. The second-order valence-corrected chi connectivity index (χ2v) is 7.95. The van der Waals surface area contributed by atoms with Gasteiger partial charge in [0.05, 0.1) is 13.7 Å². The van der Waals surface area contributed by atoms with Crippen LogP contribution in [0.2, 0.25) is 0 Å². The zero-order chi connectivity index (χ0) is 21.2. The number of hydrogen-bond acceptors (Lipinski definition) is 5. The van der Waals surface area contributed by atoms with E-state index in [1.807, 2.05) is 42.5 Å². The summed E-state index contributed by atoms with van der Waals surface area (Å²) in [7, 11) is 1.68. The fourth-order valence-electron chi connectivity index (χ4n) is 4.32. The molecule has 31 heavy (non-hydrogen) atoms. The average Bonchev–Trinajstić information content (AvgIpc) is 3.16. The zero-order valence-corrected chi connectivity index (χ0v) is 17.6. The number of hydrogen-bond donors (Lipinski definition) is 0. The molecule has 1 aliphatic heterocycles. The molecule has 0 unspecified atom stereocenters. The van der Waals surface area contributed by atoms with Crippen LogP contribution in [0.3, 0.4) is 0 Å². The number of furan rings is 1. The lowest BCUT2D eigenvalue weighted by Gasteiger charge is -2.24. The van der Waals surface area contributed by atoms with Crippen molar-refractivity contribution in [3.05, 3.63) is 77.1 Å². The van der Waals surface area contributed by atoms with Gasteiger partial charge in [0.2, 0.25) is 0 Å². The predicted molar refractivity (Wildman–Crippen MR) is 121 cm³/mol. The van der Waals surface area contributed by atoms with E-state index in [9.17, 15) is 4.79 Å². The summed E-state index contributed by atoms with van der Waals surface area (Å²) < 4.78 is 17.4. The van der Waals surface area contributed by atoms with Crippen molar-refractivity contribution in [1.82, 2.24) is 4.90 Å². The second kappa shape index (κ2) is 8.44. The number of para-hydroxylation sites is 1. The maximum atomic E-state index is 11.6. The van der Waals surface area contributed by atoms with Crippen LogP contribution >= 0.6 is 0 Å². The molecule has 1 aliphatic carbocycles. The van der Waals surface area contributed by atoms with Gasteiger partial charge in [-0.25, -0.2) is 0 Å². The van der Waals surface area contributed by atoms with E-state index < -0.39 is 0 Å². The molecule has 1 aromatic heterocycles. The number of carbonyl (C=O) groups is 1. The fraction of sp³-hybridized carbons (Fsp3) is 0.269. The van der Waals surface area contributed by atoms with Gasteiger partial charge in [-0.15, -0.1) is 0 Å². The van der Waals surface area contributed by atoms with Crippen LogP contribution in [0, 0.1) is 0 Å². The topological polar surface area (TPSA) is 51.9 Å². The molecule has 2 aliphatic rings. The second-order valence-electron chi connectivity index (χ2n) is 7.95. The van der Waals surface area contributed by atoms with Crippen molar-refractivity contribution >= 4 is 22.8 Å². The Morgan fingerprint density at radius 1 is 1.16 bits per heavy atom. The lowest BCUT2D eigenvalue weighted by molar-refractivity contribution is -0.114. The maximum Gasteiger partial charge on any atom is 0.176 e. The maximum absolute atomic E-state index is 11.6. The molecule has 0 saturated carbocycles. The molecule has 0 spiro atoms. The fourth-order valence-corrected chi connectivity index (χ4v) is 4.32. The van der Waals surface area contributed by atoms with Gasteiger partial charge in [0.15, 0.2) is 17.1 Å². The number of ketones is 1. The highest BCUT2D eigenvalue weighted by atomic mass is 16.5. The molecular weight excluding hydrogens is 390 g/mol. The Hall–Kier alpha value is -3.31. The number of benzene rings is 2. The lowest BCUT2D eigenvalue weighted by atomic mass is 9.96. The molecular formula is C26H25NO4. The van der Waals surface area contributed by atoms with Crippen LogP contribution in [0.15, 0.2) is 59.0 Å². The van der Waals surface area contributed by atoms with E-state index in [4.69, 9.17) is 13.9 Å². The van der Waals surface area contributed by atoms with Crippen molar-refractivity contribution in [1.29, 1.82) is 0 Å². The Morgan fingerprint density at radius 3 is 3.00 bits per heavy atom. The van der Waals surface area contributed by atoms with Gasteiger partial charge < -0.3 is 13.9 Å². The molecule has 0 amide bonds. The van der Waals surface area contributed by atoms with Crippen molar-refractivity contribution in [2.24, 2.45) is 0 Å². The monoisotopic (exact) mass is 415 g/mol. The van der Waals surface area contributed by atoms with E-state index >= 15 is 0 Å². The predicted octanol–water partition coefficient (Wildman–Crippen LogP) is 4.57. The summed E-state index contributed by atoms with van der Waals surface area (Å²) in [5.41, 5.74) is 4.27. The molecule has 5 heteroatoms. The van der Waals surface area contributed by atoms with Gasteiger partial charge >= 0.3 is 0 Å². The van der Waals surface area contributed by atoms with Crippen molar-refractivity contribution in [3.63, 3.8) is 0 Å². The highest BCUT2D eigenvalue weighted by molar-refractivity contribution is 5.98. The Balaban J connectivity index is 1.16. The smallest absolute Gasteiger partial charge is 0.176 e. The van der Waals surface area contributed by atoms with E-state index in [2.05, 4.69) is 17.0 Å². The molecule has 5 nitrogen and oxygen atoms in total. The normalized spacial score (nSPS) is 16.0. The van der Waals surface area contributed by atoms with Crippen molar-refractivity contribution < 1.29 is 18.7 Å². The van der Waals surface area contributed by atoms with Crippen molar-refractivity contribution in [2.45, 2.75) is 19.4 Å². The Bertz CT molecular complexity index is 1190. The zero-order valence-electron chi connectivity index (χ0n) is 17.6. The lowest BCUT2D eigenvalue weighted by Crippen LogP contribution is -2.30. The molecule has 5 rings (SSSR count). The van der Waals surface area contributed by atoms with Crippen LogP contribution in [0.5, 0.6) is 11.5 Å². The van der Waals surface area contributed by atoms with Gasteiger partial charge in [-0.05, 0) is 41.8 Å². The van der Waals surface area contributed by atoms with Gasteiger partial charge in [-0.2, -0.15) is 0 Å². The molecule has 2 aromatic carbocycles. The number of nitrogens with zero attached hydrogens (tertiary/aromatic N) is 1. The van der Waals surface area contributed by atoms with Crippen LogP contribution in [0.1, 0.15) is 22.5 Å². The number of ether oxygens (including phenoxy) is 2. The minimum atomic E-state index is 0.136. The molecule has 0 atom stereocenters. The standard InChI is InChI=1S/C26H25NO4/c1-29-24-6-4-5-23-22-11-13-27(17-25(22)31-26(23)24)12-2-3-14-30-21-10-8-18-7-9-20(28)15-19(18)16-21/h2-10,16H,11-15,17H2,1H3/b3-2+. The van der Waals surface area contributed by atoms with Gasteiger partial charge in [-0.1, -0.05) is 36.4 Å². The van der Waals surface area contributed by atoms with Crippen molar-refractivity contribution in [2.75, 3.05) is 26.8 Å². The van der Waals surface area contributed by atoms with Crippen LogP contribution < -0.4 is 9.47 Å². The van der Waals surface area contributed by atoms with Crippen LogP contribution in [-0.4, -0.2) is 37.5 Å². The molecule has 0 fully saturated rings. The third-order valence-corrected chi connectivity index (χ3v) is 5.94. The summed E-state index contributed by atoms with van der Waals surface area (Å²) >= 11 is 0. The first-order valence-corrected chi connectivity index (χ1v) is 10.6. The third-order valence-electron chi connectivity index (χ3n) is 5.94. The molecule has 2 heterocycles. The van der Waals surface area contributed by atoms with Gasteiger partial charge in [0.25, 0.3) is 0 Å². The molecule has 158 valence electrons. The highest BCUT2D eigenvalue weighted by Crippen LogP contribution is 2.35. The van der Waals surface area contributed by atoms with Crippen LogP contribution in [-0.2, 0) is 24.2 Å². The minimum absolute atomic E-state index is 0.136. The third kappa shape index (κ3) is 4.01. The number of carbonyl (C=O) groups excluding carboxylic acids is 1. The summed E-state index contributed by atoms with van der Waals surface area (Å²) in [5.74, 6) is 2.76. The number of methoxy groups -OCH3 is 1. The Labute approximate surface area is 181 Å². The molecule has 0 bridgehead atoms. The molecule has 0 radical (unpaired) electrons. The summed E-state index contributed by atoms with van der Waals surface area (Å²) in [4.78, 5) is 14.0. The van der Waals surface area contributed by atoms with Crippen molar-refractivity contribution in [3.8, 4) is 11.5 Å². The van der Waals surface area contributed by atoms with Crippen LogP contribution in [0.25, 0.3) is 17.0 Å². The summed E-state index contributed by atoms with van der Waals surface area (Å²) in [6.45, 7) is 3.14. The van der Waals surface area contributed by atoms with E-state index in [-0.39, 0.29) is 5.78 Å². The SMILES string of the molecule is COc1cccc2c3c(oc12)CN(C/C=C/COc1ccc2c(c1)CC(=O)C=C2)CC3. The average molecular weight is 415 g/mol. The summed E-state index contributed by atoms with van der Waals surface area (Å²) in [6.07, 6.45) is 9.11. The van der Waals surface area contributed by atoms with E-state index in [0.29, 0.717) is 13.0 Å². The first-order valence-electron chi connectivity index (χ1n) is 10.6. The van der Waals surface area contributed by atoms with E-state index in [0.717, 1.165) is 60.0 Å². The largest absolute Gasteiger partial charge is 0.493 e. The van der Waals surface area contributed by atoms with Gasteiger partial charge in [-0.3, -0.25) is 9.69 Å². The highest BCUT2D eigenvalue weighted by Gasteiger charge is 2.23.